The Kier molecular flexibility index (Phi) is 4.97. The molecule has 0 fully saturated rings. The summed E-state index contributed by atoms with van der Waals surface area (Å²) in [4.78, 5) is 1.59. The molecule has 18 heavy (non-hydrogen) atoms. The predicted octanol–water partition coefficient (Wildman–Crippen LogP) is 2.15. The first-order valence-corrected chi connectivity index (χ1v) is 6.05. The molecule has 1 aromatic rings. The highest BCUT2D eigenvalue weighted by atomic mass is 35.5. The van der Waals surface area contributed by atoms with Crippen molar-refractivity contribution in [1.29, 1.82) is 10.8 Å². The molecular formula is C12H18ClN5. The third-order valence-corrected chi connectivity index (χ3v) is 2.82. The van der Waals surface area contributed by atoms with Crippen LogP contribution in [-0.2, 0) is 6.42 Å². The van der Waals surface area contributed by atoms with Crippen molar-refractivity contribution in [2.75, 3.05) is 11.9 Å². The van der Waals surface area contributed by atoms with Gasteiger partial charge in [-0.3, -0.25) is 16.1 Å². The number of guanidine groups is 2. The standard InChI is InChI=1S/C12H18ClN5/c1-3-5-8-6-4-7-9(13)10(8)18(2)12(16)17-11(14)15/h4,6-7H,3,5H2,1-2H3,(H5,14,15,16,17). The van der Waals surface area contributed by atoms with E-state index in [0.29, 0.717) is 5.02 Å². The molecule has 5 nitrogen and oxygen atoms in total. The second kappa shape index (κ2) is 6.26. The summed E-state index contributed by atoms with van der Waals surface area (Å²) < 4.78 is 0. The predicted molar refractivity (Wildman–Crippen MR) is 76.6 cm³/mol. The van der Waals surface area contributed by atoms with Gasteiger partial charge in [0.15, 0.2) is 5.96 Å². The molecule has 0 heterocycles. The number of hydrogen-bond donors (Lipinski definition) is 4. The molecule has 0 unspecified atom stereocenters. The van der Waals surface area contributed by atoms with E-state index < -0.39 is 0 Å². The average Bonchev–Trinajstić information content (AvgIpc) is 2.28. The molecule has 1 rings (SSSR count). The first-order valence-electron chi connectivity index (χ1n) is 5.68. The number of nitrogens with zero attached hydrogens (tertiary/aromatic N) is 1. The number of rotatable bonds is 3. The summed E-state index contributed by atoms with van der Waals surface area (Å²) in [5, 5.41) is 18.0. The fourth-order valence-corrected chi connectivity index (χ4v) is 2.05. The third-order valence-electron chi connectivity index (χ3n) is 2.51. The summed E-state index contributed by atoms with van der Waals surface area (Å²) >= 11 is 6.19. The van der Waals surface area contributed by atoms with Crippen LogP contribution in [0.3, 0.4) is 0 Å². The molecule has 6 heteroatoms. The molecule has 0 aromatic heterocycles. The number of anilines is 1. The van der Waals surface area contributed by atoms with Crippen LogP contribution < -0.4 is 16.0 Å². The maximum Gasteiger partial charge on any atom is 0.202 e. The number of nitrogens with one attached hydrogen (secondary N) is 3. The monoisotopic (exact) mass is 267 g/mol. The van der Waals surface area contributed by atoms with Crippen molar-refractivity contribution in [3.8, 4) is 0 Å². The zero-order valence-electron chi connectivity index (χ0n) is 10.5. The lowest BCUT2D eigenvalue weighted by molar-refractivity contribution is 0.916. The Morgan fingerprint density at radius 3 is 2.67 bits per heavy atom. The molecular weight excluding hydrogens is 250 g/mol. The minimum Gasteiger partial charge on any atom is -0.370 e. The second-order valence-electron chi connectivity index (χ2n) is 3.94. The van der Waals surface area contributed by atoms with Crippen molar-refractivity contribution in [2.45, 2.75) is 19.8 Å². The Hall–Kier alpha value is -1.75. The molecule has 1 aromatic carbocycles. The zero-order chi connectivity index (χ0) is 13.7. The van der Waals surface area contributed by atoms with Crippen molar-refractivity contribution in [2.24, 2.45) is 5.73 Å². The number of halogens is 1. The lowest BCUT2D eigenvalue weighted by atomic mass is 10.1. The van der Waals surface area contributed by atoms with Gasteiger partial charge in [0, 0.05) is 7.05 Å². The Morgan fingerprint density at radius 2 is 2.11 bits per heavy atom. The molecule has 0 radical (unpaired) electrons. The molecule has 0 bridgehead atoms. The summed E-state index contributed by atoms with van der Waals surface area (Å²) in [5.41, 5.74) is 7.07. The molecule has 98 valence electrons. The van der Waals surface area contributed by atoms with E-state index in [1.807, 2.05) is 12.1 Å². The highest BCUT2D eigenvalue weighted by Gasteiger charge is 2.15. The first-order chi connectivity index (χ1) is 8.47. The van der Waals surface area contributed by atoms with Gasteiger partial charge in [0.1, 0.15) is 0 Å². The third kappa shape index (κ3) is 3.37. The van der Waals surface area contributed by atoms with Crippen LogP contribution in [-0.4, -0.2) is 19.0 Å². The average molecular weight is 268 g/mol. The van der Waals surface area contributed by atoms with E-state index in [2.05, 4.69) is 12.2 Å². The normalized spacial score (nSPS) is 9.94. The molecule has 0 atom stereocenters. The van der Waals surface area contributed by atoms with Crippen LogP contribution in [0.25, 0.3) is 0 Å². The molecule has 0 spiro atoms. The Balaban J connectivity index is 3.06. The highest BCUT2D eigenvalue weighted by Crippen LogP contribution is 2.29. The first kappa shape index (κ1) is 14.3. The highest BCUT2D eigenvalue weighted by molar-refractivity contribution is 6.34. The van der Waals surface area contributed by atoms with Gasteiger partial charge in [0.25, 0.3) is 0 Å². The van der Waals surface area contributed by atoms with Crippen LogP contribution in [0.2, 0.25) is 5.02 Å². The zero-order valence-corrected chi connectivity index (χ0v) is 11.3. The summed E-state index contributed by atoms with van der Waals surface area (Å²) in [5.74, 6) is -0.246. The molecule has 0 saturated heterocycles. The quantitative estimate of drug-likeness (QED) is 0.500. The van der Waals surface area contributed by atoms with Crippen LogP contribution >= 0.6 is 11.6 Å². The maximum atomic E-state index is 7.82. The Labute approximate surface area is 112 Å². The summed E-state index contributed by atoms with van der Waals surface area (Å²) in [6.07, 6.45) is 1.88. The van der Waals surface area contributed by atoms with Crippen LogP contribution in [0.5, 0.6) is 0 Å². The fraction of sp³-hybridized carbons (Fsp3) is 0.333. The summed E-state index contributed by atoms with van der Waals surface area (Å²) in [6.45, 7) is 2.09. The molecule has 0 amide bonds. The fourth-order valence-electron chi connectivity index (χ4n) is 1.73. The molecule has 0 saturated carbocycles. The van der Waals surface area contributed by atoms with Crippen molar-refractivity contribution >= 4 is 29.2 Å². The largest absolute Gasteiger partial charge is 0.370 e. The van der Waals surface area contributed by atoms with Gasteiger partial charge in [0.2, 0.25) is 5.96 Å². The second-order valence-corrected chi connectivity index (χ2v) is 4.35. The van der Waals surface area contributed by atoms with E-state index in [4.69, 9.17) is 28.2 Å². The van der Waals surface area contributed by atoms with Gasteiger partial charge < -0.3 is 10.6 Å². The number of benzene rings is 1. The SMILES string of the molecule is CCCc1cccc(Cl)c1N(C)C(=N)NC(=N)N. The minimum atomic E-state index is -0.268. The van der Waals surface area contributed by atoms with Crippen LogP contribution in [0.4, 0.5) is 5.69 Å². The van der Waals surface area contributed by atoms with Gasteiger partial charge in [-0.1, -0.05) is 37.1 Å². The van der Waals surface area contributed by atoms with E-state index in [0.717, 1.165) is 24.1 Å². The van der Waals surface area contributed by atoms with E-state index in [1.54, 1.807) is 18.0 Å². The van der Waals surface area contributed by atoms with Crippen LogP contribution in [0.1, 0.15) is 18.9 Å². The van der Waals surface area contributed by atoms with Gasteiger partial charge in [-0.25, -0.2) is 0 Å². The maximum absolute atomic E-state index is 7.82. The molecule has 0 aliphatic carbocycles. The van der Waals surface area contributed by atoms with Crippen LogP contribution in [0, 0.1) is 10.8 Å². The topological polar surface area (TPSA) is 89.0 Å². The van der Waals surface area contributed by atoms with Gasteiger partial charge in [-0.2, -0.15) is 0 Å². The van der Waals surface area contributed by atoms with E-state index in [1.165, 1.54) is 0 Å². The Morgan fingerprint density at radius 1 is 1.44 bits per heavy atom. The minimum absolute atomic E-state index is 0.0213. The molecule has 0 aliphatic rings. The summed E-state index contributed by atoms with van der Waals surface area (Å²) in [6, 6.07) is 5.67. The number of para-hydroxylation sites is 1. The number of hydrogen-bond acceptors (Lipinski definition) is 2. The van der Waals surface area contributed by atoms with Crippen molar-refractivity contribution in [1.82, 2.24) is 5.32 Å². The van der Waals surface area contributed by atoms with Crippen molar-refractivity contribution in [3.05, 3.63) is 28.8 Å². The van der Waals surface area contributed by atoms with Gasteiger partial charge in [-0.05, 0) is 18.1 Å². The lowest BCUT2D eigenvalue weighted by Crippen LogP contribution is -2.44. The van der Waals surface area contributed by atoms with E-state index >= 15 is 0 Å². The lowest BCUT2D eigenvalue weighted by Gasteiger charge is -2.24. The van der Waals surface area contributed by atoms with Crippen LogP contribution in [0.15, 0.2) is 18.2 Å². The van der Waals surface area contributed by atoms with Gasteiger partial charge >= 0.3 is 0 Å². The van der Waals surface area contributed by atoms with Crippen molar-refractivity contribution in [3.63, 3.8) is 0 Å². The van der Waals surface area contributed by atoms with Crippen molar-refractivity contribution < 1.29 is 0 Å². The van der Waals surface area contributed by atoms with Gasteiger partial charge in [-0.15, -0.1) is 0 Å². The van der Waals surface area contributed by atoms with E-state index in [9.17, 15) is 0 Å². The smallest absolute Gasteiger partial charge is 0.202 e. The van der Waals surface area contributed by atoms with Gasteiger partial charge in [0.05, 0.1) is 10.7 Å². The molecule has 5 N–H and O–H groups in total. The number of aryl methyl sites for hydroxylation is 1. The number of nitrogens with two attached hydrogens (primary N) is 1. The summed E-state index contributed by atoms with van der Waals surface area (Å²) in [7, 11) is 1.72. The Bertz CT molecular complexity index is 458. The molecule has 0 aliphatic heterocycles. The van der Waals surface area contributed by atoms with E-state index in [-0.39, 0.29) is 11.9 Å².